The monoisotopic (exact) mass is 424 g/mol. The highest BCUT2D eigenvalue weighted by Gasteiger charge is 2.22. The van der Waals surface area contributed by atoms with Crippen molar-refractivity contribution in [1.82, 2.24) is 9.80 Å². The summed E-state index contributed by atoms with van der Waals surface area (Å²) in [5, 5.41) is 0. The molecule has 3 aromatic rings. The van der Waals surface area contributed by atoms with E-state index >= 15 is 0 Å². The lowest BCUT2D eigenvalue weighted by Gasteiger charge is -2.21. The van der Waals surface area contributed by atoms with Crippen molar-refractivity contribution in [2.24, 2.45) is 0 Å². The van der Waals surface area contributed by atoms with Crippen LogP contribution in [0.3, 0.4) is 0 Å². The number of carbonyl (C=O) groups excluding carboxylic acids is 1. The molecule has 156 valence electrons. The molecule has 1 aromatic heterocycles. The minimum absolute atomic E-state index is 0.0830. The van der Waals surface area contributed by atoms with Gasteiger partial charge in [0.05, 0.1) is 12.0 Å². The van der Waals surface area contributed by atoms with Crippen LogP contribution < -0.4 is 4.74 Å². The highest BCUT2D eigenvalue weighted by atomic mass is 32.1. The first-order chi connectivity index (χ1) is 14.6. The molecule has 0 saturated carbocycles. The van der Waals surface area contributed by atoms with Crippen molar-refractivity contribution in [3.05, 3.63) is 76.9 Å². The van der Waals surface area contributed by atoms with Crippen LogP contribution >= 0.6 is 11.3 Å². The summed E-state index contributed by atoms with van der Waals surface area (Å²) in [6.07, 6.45) is 0.956. The van der Waals surface area contributed by atoms with E-state index in [9.17, 15) is 9.18 Å². The Hall–Kier alpha value is -2.70. The highest BCUT2D eigenvalue weighted by molar-refractivity contribution is 7.17. The van der Waals surface area contributed by atoms with Crippen LogP contribution in [0.1, 0.15) is 21.7 Å². The first kappa shape index (κ1) is 20.6. The topological polar surface area (TPSA) is 32.8 Å². The van der Waals surface area contributed by atoms with E-state index in [-0.39, 0.29) is 11.7 Å². The van der Waals surface area contributed by atoms with E-state index in [2.05, 4.69) is 17.0 Å². The minimum Gasteiger partial charge on any atom is -0.497 e. The summed E-state index contributed by atoms with van der Waals surface area (Å²) in [6.45, 7) is 4.19. The largest absolute Gasteiger partial charge is 0.497 e. The Bertz CT molecular complexity index is 985. The lowest BCUT2D eigenvalue weighted by atomic mass is 10.2. The van der Waals surface area contributed by atoms with Crippen molar-refractivity contribution in [1.29, 1.82) is 0 Å². The van der Waals surface area contributed by atoms with Crippen LogP contribution in [0.5, 0.6) is 5.75 Å². The molecule has 0 atom stereocenters. The molecule has 4 nitrogen and oxygen atoms in total. The van der Waals surface area contributed by atoms with Gasteiger partial charge in [0.25, 0.3) is 5.91 Å². The zero-order chi connectivity index (χ0) is 20.9. The van der Waals surface area contributed by atoms with Gasteiger partial charge in [0.2, 0.25) is 0 Å². The number of hydrogen-bond donors (Lipinski definition) is 0. The molecule has 1 amide bonds. The number of benzene rings is 2. The number of halogens is 1. The number of methoxy groups -OCH3 is 1. The minimum atomic E-state index is -0.254. The van der Waals surface area contributed by atoms with Gasteiger partial charge >= 0.3 is 0 Å². The van der Waals surface area contributed by atoms with Gasteiger partial charge in [0.15, 0.2) is 0 Å². The first-order valence-corrected chi connectivity index (χ1v) is 10.9. The molecule has 6 heteroatoms. The van der Waals surface area contributed by atoms with Gasteiger partial charge < -0.3 is 9.64 Å². The van der Waals surface area contributed by atoms with Crippen molar-refractivity contribution in [3.8, 4) is 16.2 Å². The first-order valence-electron chi connectivity index (χ1n) is 10.1. The molecular weight excluding hydrogens is 399 g/mol. The molecule has 0 bridgehead atoms. The van der Waals surface area contributed by atoms with Gasteiger partial charge in [-0.15, -0.1) is 11.3 Å². The highest BCUT2D eigenvalue weighted by Crippen LogP contribution is 2.29. The fraction of sp³-hybridized carbons (Fsp3) is 0.292. The average molecular weight is 425 g/mol. The molecule has 1 saturated heterocycles. The maximum absolute atomic E-state index is 13.2. The second-order valence-corrected chi connectivity index (χ2v) is 8.52. The Labute approximate surface area is 180 Å². The molecule has 1 aliphatic rings. The molecule has 0 aliphatic carbocycles. The smallest absolute Gasteiger partial charge is 0.263 e. The van der Waals surface area contributed by atoms with Crippen molar-refractivity contribution in [2.45, 2.75) is 13.0 Å². The van der Waals surface area contributed by atoms with Crippen molar-refractivity contribution >= 4 is 17.2 Å². The summed E-state index contributed by atoms with van der Waals surface area (Å²) in [4.78, 5) is 19.1. The van der Waals surface area contributed by atoms with Gasteiger partial charge in [-0.3, -0.25) is 9.69 Å². The molecule has 0 unspecified atom stereocenters. The molecule has 2 aromatic carbocycles. The molecule has 2 heterocycles. The van der Waals surface area contributed by atoms with Crippen LogP contribution in [0.25, 0.3) is 10.4 Å². The molecule has 4 rings (SSSR count). The predicted molar refractivity (Wildman–Crippen MR) is 119 cm³/mol. The van der Waals surface area contributed by atoms with Crippen LogP contribution in [0, 0.1) is 5.82 Å². The summed E-state index contributed by atoms with van der Waals surface area (Å²) in [5.74, 6) is 0.692. The molecule has 1 fully saturated rings. The van der Waals surface area contributed by atoms with Crippen LogP contribution in [0.2, 0.25) is 0 Å². The fourth-order valence-electron chi connectivity index (χ4n) is 3.70. The SMILES string of the molecule is COc1ccc(CN2CCCN(C(=O)c3ccc(-c4ccc(F)cc4)s3)CC2)cc1. The average Bonchev–Trinajstić information content (AvgIpc) is 3.15. The van der Waals surface area contributed by atoms with E-state index in [0.717, 1.165) is 60.2 Å². The summed E-state index contributed by atoms with van der Waals surface area (Å²) in [5.41, 5.74) is 2.18. The van der Waals surface area contributed by atoms with Crippen molar-refractivity contribution in [2.75, 3.05) is 33.3 Å². The van der Waals surface area contributed by atoms with E-state index in [1.807, 2.05) is 29.2 Å². The summed E-state index contributed by atoms with van der Waals surface area (Å²) in [6, 6.07) is 18.4. The van der Waals surface area contributed by atoms with Gasteiger partial charge in [-0.2, -0.15) is 0 Å². The third-order valence-electron chi connectivity index (χ3n) is 5.39. The number of carbonyl (C=O) groups is 1. The number of thiophene rings is 1. The lowest BCUT2D eigenvalue weighted by molar-refractivity contribution is 0.0766. The third kappa shape index (κ3) is 4.89. The molecule has 0 spiro atoms. The van der Waals surface area contributed by atoms with E-state index in [1.54, 1.807) is 19.2 Å². The molecule has 0 N–H and O–H groups in total. The van der Waals surface area contributed by atoms with E-state index in [1.165, 1.54) is 29.0 Å². The molecule has 0 radical (unpaired) electrons. The zero-order valence-electron chi connectivity index (χ0n) is 17.0. The quantitative estimate of drug-likeness (QED) is 0.583. The summed E-state index contributed by atoms with van der Waals surface area (Å²) in [7, 11) is 1.67. The van der Waals surface area contributed by atoms with Crippen LogP contribution in [-0.4, -0.2) is 49.0 Å². The van der Waals surface area contributed by atoms with Crippen molar-refractivity contribution < 1.29 is 13.9 Å². The van der Waals surface area contributed by atoms with Crippen LogP contribution in [-0.2, 0) is 6.54 Å². The van der Waals surface area contributed by atoms with Gasteiger partial charge in [-0.05, 0) is 53.9 Å². The fourth-order valence-corrected chi connectivity index (χ4v) is 4.68. The number of amides is 1. The van der Waals surface area contributed by atoms with E-state index in [0.29, 0.717) is 0 Å². The summed E-state index contributed by atoms with van der Waals surface area (Å²) >= 11 is 1.47. The van der Waals surface area contributed by atoms with Gasteiger partial charge in [0, 0.05) is 37.6 Å². The molecule has 30 heavy (non-hydrogen) atoms. The number of ether oxygens (including phenoxy) is 1. The van der Waals surface area contributed by atoms with E-state index < -0.39 is 0 Å². The Morgan fingerprint density at radius 1 is 0.967 bits per heavy atom. The number of rotatable bonds is 5. The molecule has 1 aliphatic heterocycles. The Morgan fingerprint density at radius 3 is 2.47 bits per heavy atom. The van der Waals surface area contributed by atoms with Gasteiger partial charge in [0.1, 0.15) is 11.6 Å². The third-order valence-corrected chi connectivity index (χ3v) is 6.51. The lowest BCUT2D eigenvalue weighted by Crippen LogP contribution is -2.34. The standard InChI is InChI=1S/C24H25FN2O2S/c1-29-21-9-3-18(4-10-21)17-26-13-2-14-27(16-15-26)24(28)23-12-11-22(30-23)19-5-7-20(25)8-6-19/h3-12H,2,13-17H2,1H3. The van der Waals surface area contributed by atoms with Gasteiger partial charge in [-0.25, -0.2) is 4.39 Å². The van der Waals surface area contributed by atoms with Gasteiger partial charge in [-0.1, -0.05) is 24.3 Å². The number of hydrogen-bond acceptors (Lipinski definition) is 4. The Morgan fingerprint density at radius 2 is 1.73 bits per heavy atom. The number of nitrogens with zero attached hydrogens (tertiary/aromatic N) is 2. The Balaban J connectivity index is 1.37. The normalized spacial score (nSPS) is 15.1. The molecular formula is C24H25FN2O2S. The van der Waals surface area contributed by atoms with Crippen LogP contribution in [0.4, 0.5) is 4.39 Å². The predicted octanol–water partition coefficient (Wildman–Crippen LogP) is 4.91. The zero-order valence-corrected chi connectivity index (χ0v) is 17.8. The van der Waals surface area contributed by atoms with Crippen molar-refractivity contribution in [3.63, 3.8) is 0 Å². The summed E-state index contributed by atoms with van der Waals surface area (Å²) < 4.78 is 18.4. The Kier molecular flexibility index (Phi) is 6.45. The second kappa shape index (κ2) is 9.41. The maximum atomic E-state index is 13.2. The van der Waals surface area contributed by atoms with Crippen LogP contribution in [0.15, 0.2) is 60.7 Å². The maximum Gasteiger partial charge on any atom is 0.263 e. The van der Waals surface area contributed by atoms with E-state index in [4.69, 9.17) is 4.74 Å². The second-order valence-electron chi connectivity index (χ2n) is 7.44.